The number of fused-ring (bicyclic) bond motifs is 1. The summed E-state index contributed by atoms with van der Waals surface area (Å²) in [5.41, 5.74) is 2.93. The molecular formula is C16H22BrN7. The Labute approximate surface area is 149 Å². The van der Waals surface area contributed by atoms with Gasteiger partial charge in [0.15, 0.2) is 5.65 Å². The van der Waals surface area contributed by atoms with Crippen LogP contribution in [-0.2, 0) is 13.6 Å². The second kappa shape index (κ2) is 6.51. The summed E-state index contributed by atoms with van der Waals surface area (Å²) in [6.07, 6.45) is 3.42. The smallest absolute Gasteiger partial charge is 0.164 e. The zero-order valence-corrected chi connectivity index (χ0v) is 16.2. The molecule has 0 spiro atoms. The lowest BCUT2D eigenvalue weighted by Crippen LogP contribution is -2.11. The first-order valence-electron chi connectivity index (χ1n) is 8.04. The Balaban J connectivity index is 2.05. The van der Waals surface area contributed by atoms with E-state index in [1.165, 1.54) is 5.69 Å². The van der Waals surface area contributed by atoms with E-state index in [1.807, 2.05) is 13.2 Å². The molecule has 0 aromatic carbocycles. The SMILES string of the molecule is CC(C)Cn1ncc(Nc2ncnc3c2c(Br)nn3C)c1C(C)C. The van der Waals surface area contributed by atoms with Gasteiger partial charge in [0.05, 0.1) is 23.0 Å². The number of rotatable bonds is 5. The van der Waals surface area contributed by atoms with Crippen molar-refractivity contribution >= 4 is 38.5 Å². The second-order valence-electron chi connectivity index (χ2n) is 6.63. The van der Waals surface area contributed by atoms with Gasteiger partial charge in [0.25, 0.3) is 0 Å². The number of aromatic nitrogens is 6. The van der Waals surface area contributed by atoms with Gasteiger partial charge in [-0.05, 0) is 27.8 Å². The molecule has 3 aromatic rings. The first kappa shape index (κ1) is 16.9. The first-order valence-corrected chi connectivity index (χ1v) is 8.83. The van der Waals surface area contributed by atoms with Crippen LogP contribution in [0.15, 0.2) is 17.1 Å². The largest absolute Gasteiger partial charge is 0.337 e. The van der Waals surface area contributed by atoms with Crippen molar-refractivity contribution in [2.75, 3.05) is 5.32 Å². The van der Waals surface area contributed by atoms with Gasteiger partial charge >= 0.3 is 0 Å². The maximum absolute atomic E-state index is 4.56. The van der Waals surface area contributed by atoms with Crippen LogP contribution in [0.2, 0.25) is 0 Å². The summed E-state index contributed by atoms with van der Waals surface area (Å²) < 4.78 is 4.54. The van der Waals surface area contributed by atoms with Crippen LogP contribution < -0.4 is 5.32 Å². The minimum absolute atomic E-state index is 0.350. The lowest BCUT2D eigenvalue weighted by Gasteiger charge is -2.15. The van der Waals surface area contributed by atoms with Crippen LogP contribution in [0.1, 0.15) is 39.3 Å². The molecule has 0 atom stereocenters. The van der Waals surface area contributed by atoms with E-state index in [2.05, 4.69) is 73.8 Å². The van der Waals surface area contributed by atoms with Gasteiger partial charge in [-0.3, -0.25) is 4.68 Å². The zero-order chi connectivity index (χ0) is 17.4. The van der Waals surface area contributed by atoms with Crippen LogP contribution in [0.25, 0.3) is 11.0 Å². The molecule has 0 amide bonds. The molecular weight excluding hydrogens is 370 g/mol. The minimum Gasteiger partial charge on any atom is -0.337 e. The monoisotopic (exact) mass is 391 g/mol. The number of hydrogen-bond acceptors (Lipinski definition) is 5. The third-order valence-corrected chi connectivity index (χ3v) is 4.35. The van der Waals surface area contributed by atoms with Gasteiger partial charge in [0.2, 0.25) is 0 Å². The zero-order valence-electron chi connectivity index (χ0n) is 14.6. The molecule has 0 aliphatic carbocycles. The molecule has 3 heterocycles. The van der Waals surface area contributed by atoms with E-state index in [-0.39, 0.29) is 0 Å². The van der Waals surface area contributed by atoms with Gasteiger partial charge in [-0.2, -0.15) is 10.2 Å². The number of nitrogens with one attached hydrogen (secondary N) is 1. The number of halogens is 1. The van der Waals surface area contributed by atoms with E-state index in [4.69, 9.17) is 0 Å². The Bertz CT molecular complexity index is 863. The Morgan fingerprint density at radius 3 is 2.62 bits per heavy atom. The molecule has 0 radical (unpaired) electrons. The highest BCUT2D eigenvalue weighted by atomic mass is 79.9. The van der Waals surface area contributed by atoms with Gasteiger partial charge in [-0.25, -0.2) is 14.6 Å². The van der Waals surface area contributed by atoms with Crippen molar-refractivity contribution in [1.82, 2.24) is 29.5 Å². The summed E-state index contributed by atoms with van der Waals surface area (Å²) in [6, 6.07) is 0. The summed E-state index contributed by atoms with van der Waals surface area (Å²) >= 11 is 3.49. The molecule has 1 N–H and O–H groups in total. The number of anilines is 2. The lowest BCUT2D eigenvalue weighted by atomic mass is 10.1. The van der Waals surface area contributed by atoms with Crippen LogP contribution in [0.3, 0.4) is 0 Å². The van der Waals surface area contributed by atoms with E-state index in [9.17, 15) is 0 Å². The fourth-order valence-electron chi connectivity index (χ4n) is 2.85. The number of nitrogens with zero attached hydrogens (tertiary/aromatic N) is 6. The summed E-state index contributed by atoms with van der Waals surface area (Å²) in [7, 11) is 1.87. The number of hydrogen-bond donors (Lipinski definition) is 1. The molecule has 7 nitrogen and oxygen atoms in total. The molecule has 0 bridgehead atoms. The van der Waals surface area contributed by atoms with Gasteiger partial charge < -0.3 is 5.32 Å². The summed E-state index contributed by atoms with van der Waals surface area (Å²) in [5, 5.41) is 13.2. The van der Waals surface area contributed by atoms with Crippen LogP contribution in [0.4, 0.5) is 11.5 Å². The molecule has 128 valence electrons. The van der Waals surface area contributed by atoms with Gasteiger partial charge in [-0.15, -0.1) is 0 Å². The van der Waals surface area contributed by atoms with Crippen LogP contribution in [0.5, 0.6) is 0 Å². The van der Waals surface area contributed by atoms with Crippen LogP contribution >= 0.6 is 15.9 Å². The van der Waals surface area contributed by atoms with E-state index in [0.717, 1.165) is 33.7 Å². The van der Waals surface area contributed by atoms with Gasteiger partial charge in [0, 0.05) is 13.6 Å². The minimum atomic E-state index is 0.350. The average Bonchev–Trinajstić information content (AvgIpc) is 3.01. The van der Waals surface area contributed by atoms with Crippen LogP contribution in [0, 0.1) is 5.92 Å². The van der Waals surface area contributed by atoms with E-state index < -0.39 is 0 Å². The van der Waals surface area contributed by atoms with Crippen molar-refractivity contribution in [3.8, 4) is 0 Å². The average molecular weight is 392 g/mol. The molecule has 0 saturated heterocycles. The molecule has 0 fully saturated rings. The maximum Gasteiger partial charge on any atom is 0.164 e. The van der Waals surface area contributed by atoms with Crippen molar-refractivity contribution in [2.24, 2.45) is 13.0 Å². The standard InChI is InChI=1S/C16H22BrN7/c1-9(2)7-24-13(10(3)4)11(6-20-24)21-15-12-14(17)22-23(5)16(12)19-8-18-15/h6,8-10H,7H2,1-5H3,(H,18,19,21). The predicted molar refractivity (Wildman–Crippen MR) is 98.4 cm³/mol. The van der Waals surface area contributed by atoms with Crippen molar-refractivity contribution in [1.29, 1.82) is 0 Å². The third-order valence-electron chi connectivity index (χ3n) is 3.80. The van der Waals surface area contributed by atoms with Crippen LogP contribution in [-0.4, -0.2) is 29.5 Å². The van der Waals surface area contributed by atoms with E-state index in [1.54, 1.807) is 11.0 Å². The maximum atomic E-state index is 4.56. The molecule has 8 heteroatoms. The molecule has 3 aromatic heterocycles. The Morgan fingerprint density at radius 1 is 1.21 bits per heavy atom. The molecule has 0 aliphatic heterocycles. The van der Waals surface area contributed by atoms with Gasteiger partial charge in [-0.1, -0.05) is 27.7 Å². The Morgan fingerprint density at radius 2 is 1.96 bits per heavy atom. The van der Waals surface area contributed by atoms with Gasteiger partial charge in [0.1, 0.15) is 16.7 Å². The second-order valence-corrected chi connectivity index (χ2v) is 7.39. The molecule has 3 rings (SSSR count). The third kappa shape index (κ3) is 3.02. The first-order chi connectivity index (χ1) is 11.4. The van der Waals surface area contributed by atoms with Crippen molar-refractivity contribution in [2.45, 2.75) is 40.2 Å². The highest BCUT2D eigenvalue weighted by Crippen LogP contribution is 2.32. The Hall–Kier alpha value is -1.96. The van der Waals surface area contributed by atoms with E-state index in [0.29, 0.717) is 11.8 Å². The normalized spacial score (nSPS) is 11.8. The summed E-state index contributed by atoms with van der Waals surface area (Å²) in [6.45, 7) is 9.63. The topological polar surface area (TPSA) is 73.5 Å². The highest BCUT2D eigenvalue weighted by molar-refractivity contribution is 9.10. The van der Waals surface area contributed by atoms with E-state index >= 15 is 0 Å². The quantitative estimate of drug-likeness (QED) is 0.714. The molecule has 0 aliphatic rings. The predicted octanol–water partition coefficient (Wildman–Crippen LogP) is 3.85. The molecule has 24 heavy (non-hydrogen) atoms. The molecule has 0 unspecified atom stereocenters. The van der Waals surface area contributed by atoms with Crippen molar-refractivity contribution in [3.05, 3.63) is 22.8 Å². The summed E-state index contributed by atoms with van der Waals surface area (Å²) in [4.78, 5) is 8.71. The van der Waals surface area contributed by atoms with Crippen molar-refractivity contribution < 1.29 is 0 Å². The van der Waals surface area contributed by atoms with Crippen molar-refractivity contribution in [3.63, 3.8) is 0 Å². The Kier molecular flexibility index (Phi) is 4.58. The summed E-state index contributed by atoms with van der Waals surface area (Å²) in [5.74, 6) is 1.61. The lowest BCUT2D eigenvalue weighted by molar-refractivity contribution is 0.462. The fraction of sp³-hybridized carbons (Fsp3) is 0.500. The molecule has 0 saturated carbocycles. The highest BCUT2D eigenvalue weighted by Gasteiger charge is 2.18. The fourth-order valence-corrected chi connectivity index (χ4v) is 3.46. The number of aryl methyl sites for hydroxylation is 1.